The molecule has 1 saturated heterocycles. The first-order valence-electron chi connectivity index (χ1n) is 10.1. The van der Waals surface area contributed by atoms with Crippen molar-refractivity contribution in [2.45, 2.75) is 32.7 Å². The predicted molar refractivity (Wildman–Crippen MR) is 111 cm³/mol. The molecule has 4 aromatic heterocycles. The van der Waals surface area contributed by atoms with Gasteiger partial charge in [-0.15, -0.1) is 5.10 Å². The highest BCUT2D eigenvalue weighted by Crippen LogP contribution is 2.27. The van der Waals surface area contributed by atoms with Gasteiger partial charge in [-0.05, 0) is 56.4 Å². The highest BCUT2D eigenvalue weighted by molar-refractivity contribution is 5.86. The van der Waals surface area contributed by atoms with Crippen LogP contribution in [0.1, 0.15) is 30.0 Å². The van der Waals surface area contributed by atoms with E-state index in [9.17, 15) is 0 Å². The highest BCUT2D eigenvalue weighted by atomic mass is 16.5. The molecular formula is C21H23N7O2. The van der Waals surface area contributed by atoms with Crippen LogP contribution in [-0.2, 0) is 17.7 Å². The molecule has 9 heteroatoms. The molecule has 1 fully saturated rings. The van der Waals surface area contributed by atoms with Crippen LogP contribution in [0.25, 0.3) is 22.6 Å². The first kappa shape index (κ1) is 18.7. The number of aromatic nitrogens is 6. The van der Waals surface area contributed by atoms with Crippen LogP contribution in [0.15, 0.2) is 34.7 Å². The van der Waals surface area contributed by atoms with Crippen molar-refractivity contribution in [3.05, 3.63) is 47.5 Å². The molecule has 5 rings (SSSR count). The Balaban J connectivity index is 1.40. The van der Waals surface area contributed by atoms with Gasteiger partial charge in [0.15, 0.2) is 16.9 Å². The Kier molecular flexibility index (Phi) is 4.88. The second-order valence-corrected chi connectivity index (χ2v) is 7.65. The average Bonchev–Trinajstić information content (AvgIpc) is 3.48. The molecular weight excluding hydrogens is 382 g/mol. The summed E-state index contributed by atoms with van der Waals surface area (Å²) in [4.78, 5) is 13.5. The fraction of sp³-hybridized carbons (Fsp3) is 0.381. The lowest BCUT2D eigenvalue weighted by molar-refractivity contribution is 0.184. The van der Waals surface area contributed by atoms with Crippen LogP contribution >= 0.6 is 0 Å². The molecule has 4 aromatic rings. The van der Waals surface area contributed by atoms with Gasteiger partial charge in [-0.1, -0.05) is 11.3 Å². The van der Waals surface area contributed by atoms with Crippen LogP contribution < -0.4 is 5.73 Å². The number of pyridine rings is 1. The molecule has 0 radical (unpaired) electrons. The number of aryl methyl sites for hydroxylation is 2. The molecule has 30 heavy (non-hydrogen) atoms. The monoisotopic (exact) mass is 405 g/mol. The second-order valence-electron chi connectivity index (χ2n) is 7.65. The SMILES string of the molecule is Cc1ccc(-c2nc(N)nc3c2nnn3Cc2cccc(CC[C@H]3CCOC3)n2)o1. The maximum absolute atomic E-state index is 5.96. The van der Waals surface area contributed by atoms with E-state index in [-0.39, 0.29) is 5.95 Å². The maximum atomic E-state index is 5.96. The number of ether oxygens (including phenoxy) is 1. The summed E-state index contributed by atoms with van der Waals surface area (Å²) in [5.74, 6) is 2.16. The summed E-state index contributed by atoms with van der Waals surface area (Å²) >= 11 is 0. The number of hydrogen-bond acceptors (Lipinski definition) is 8. The summed E-state index contributed by atoms with van der Waals surface area (Å²) in [7, 11) is 0. The number of nitrogen functional groups attached to an aromatic ring is 1. The summed E-state index contributed by atoms with van der Waals surface area (Å²) in [6.45, 7) is 4.07. The fourth-order valence-electron chi connectivity index (χ4n) is 3.79. The molecule has 1 aliphatic heterocycles. The van der Waals surface area contributed by atoms with E-state index in [1.165, 1.54) is 0 Å². The topological polar surface area (TPSA) is 118 Å². The number of hydrogen-bond donors (Lipinski definition) is 1. The average molecular weight is 405 g/mol. The normalized spacial score (nSPS) is 16.5. The van der Waals surface area contributed by atoms with Crippen LogP contribution in [0.4, 0.5) is 5.95 Å². The summed E-state index contributed by atoms with van der Waals surface area (Å²) < 4.78 is 12.9. The summed E-state index contributed by atoms with van der Waals surface area (Å²) in [6, 6.07) is 9.79. The van der Waals surface area contributed by atoms with Gasteiger partial charge in [-0.2, -0.15) is 4.98 Å². The minimum Gasteiger partial charge on any atom is -0.460 e. The van der Waals surface area contributed by atoms with E-state index in [1.54, 1.807) is 4.68 Å². The van der Waals surface area contributed by atoms with E-state index in [2.05, 4.69) is 26.3 Å². The zero-order valence-corrected chi connectivity index (χ0v) is 16.8. The van der Waals surface area contributed by atoms with Gasteiger partial charge < -0.3 is 14.9 Å². The highest BCUT2D eigenvalue weighted by Gasteiger charge is 2.18. The van der Waals surface area contributed by atoms with E-state index < -0.39 is 0 Å². The summed E-state index contributed by atoms with van der Waals surface area (Å²) in [5, 5.41) is 8.56. The van der Waals surface area contributed by atoms with E-state index in [0.717, 1.165) is 49.6 Å². The standard InChI is InChI=1S/C21H23N7O2/c1-13-5-8-17(30-13)18-19-20(25-21(22)24-18)28(27-26-19)11-16-4-2-3-15(23-16)7-6-14-9-10-29-12-14/h2-5,8,14H,6-7,9-12H2,1H3,(H2,22,24,25)/t14-/m0/s1. The Morgan fingerprint density at radius 2 is 2.03 bits per heavy atom. The zero-order valence-electron chi connectivity index (χ0n) is 16.8. The Hall–Kier alpha value is -3.33. The van der Waals surface area contributed by atoms with Crippen molar-refractivity contribution < 1.29 is 9.15 Å². The molecule has 0 bridgehead atoms. The molecule has 0 saturated carbocycles. The third-order valence-electron chi connectivity index (χ3n) is 5.36. The number of anilines is 1. The second kappa shape index (κ2) is 7.83. The number of furan rings is 1. The van der Waals surface area contributed by atoms with Gasteiger partial charge in [0.25, 0.3) is 0 Å². The molecule has 1 atom stereocenters. The van der Waals surface area contributed by atoms with Crippen LogP contribution in [0.3, 0.4) is 0 Å². The van der Waals surface area contributed by atoms with Crippen LogP contribution in [0.2, 0.25) is 0 Å². The van der Waals surface area contributed by atoms with Crippen LogP contribution in [0.5, 0.6) is 0 Å². The van der Waals surface area contributed by atoms with Gasteiger partial charge in [0.1, 0.15) is 11.5 Å². The minimum absolute atomic E-state index is 0.149. The molecule has 9 nitrogen and oxygen atoms in total. The van der Waals surface area contributed by atoms with E-state index >= 15 is 0 Å². The molecule has 2 N–H and O–H groups in total. The largest absolute Gasteiger partial charge is 0.460 e. The van der Waals surface area contributed by atoms with Crippen molar-refractivity contribution in [2.24, 2.45) is 5.92 Å². The lowest BCUT2D eigenvalue weighted by atomic mass is 10.0. The van der Waals surface area contributed by atoms with Crippen molar-refractivity contribution in [1.29, 1.82) is 0 Å². The molecule has 1 aliphatic rings. The van der Waals surface area contributed by atoms with Crippen molar-refractivity contribution >= 4 is 17.1 Å². The van der Waals surface area contributed by atoms with Crippen molar-refractivity contribution in [3.63, 3.8) is 0 Å². The first-order chi connectivity index (χ1) is 14.7. The van der Waals surface area contributed by atoms with Gasteiger partial charge in [0, 0.05) is 18.9 Å². The molecule has 5 heterocycles. The Morgan fingerprint density at radius 3 is 2.83 bits per heavy atom. The van der Waals surface area contributed by atoms with E-state index in [1.807, 2.05) is 31.2 Å². The number of nitrogens with zero attached hydrogens (tertiary/aromatic N) is 6. The summed E-state index contributed by atoms with van der Waals surface area (Å²) in [6.07, 6.45) is 3.18. The predicted octanol–water partition coefficient (Wildman–Crippen LogP) is 2.78. The molecule has 0 aliphatic carbocycles. The molecule has 0 unspecified atom stereocenters. The van der Waals surface area contributed by atoms with Crippen molar-refractivity contribution in [1.82, 2.24) is 29.9 Å². The van der Waals surface area contributed by atoms with E-state index in [4.69, 9.17) is 19.9 Å². The smallest absolute Gasteiger partial charge is 0.222 e. The van der Waals surface area contributed by atoms with Gasteiger partial charge in [0.2, 0.25) is 5.95 Å². The Labute approximate surface area is 173 Å². The maximum Gasteiger partial charge on any atom is 0.222 e. The first-order valence-corrected chi connectivity index (χ1v) is 10.1. The van der Waals surface area contributed by atoms with E-state index in [0.29, 0.717) is 35.1 Å². The number of fused-ring (bicyclic) bond motifs is 1. The molecule has 0 amide bonds. The van der Waals surface area contributed by atoms with Crippen molar-refractivity contribution in [3.8, 4) is 11.5 Å². The quantitative estimate of drug-likeness (QED) is 0.520. The van der Waals surface area contributed by atoms with Gasteiger partial charge >= 0.3 is 0 Å². The van der Waals surface area contributed by atoms with Crippen LogP contribution in [-0.4, -0.2) is 43.2 Å². The molecule has 154 valence electrons. The minimum atomic E-state index is 0.149. The Bertz CT molecular complexity index is 1180. The fourth-order valence-corrected chi connectivity index (χ4v) is 3.79. The van der Waals surface area contributed by atoms with Gasteiger partial charge in [0.05, 0.1) is 12.2 Å². The summed E-state index contributed by atoms with van der Waals surface area (Å²) in [5.41, 5.74) is 9.57. The lowest BCUT2D eigenvalue weighted by Crippen LogP contribution is -2.08. The third-order valence-corrected chi connectivity index (χ3v) is 5.36. The number of rotatable bonds is 6. The van der Waals surface area contributed by atoms with Crippen LogP contribution in [0, 0.1) is 12.8 Å². The van der Waals surface area contributed by atoms with Crippen molar-refractivity contribution in [2.75, 3.05) is 18.9 Å². The number of nitrogens with two attached hydrogens (primary N) is 1. The third kappa shape index (κ3) is 3.76. The molecule has 0 aromatic carbocycles. The van der Waals surface area contributed by atoms with Gasteiger partial charge in [-0.25, -0.2) is 9.67 Å². The Morgan fingerprint density at radius 1 is 1.13 bits per heavy atom. The molecule has 0 spiro atoms. The van der Waals surface area contributed by atoms with Gasteiger partial charge in [-0.3, -0.25) is 4.98 Å². The lowest BCUT2D eigenvalue weighted by Gasteiger charge is -2.08. The zero-order chi connectivity index (χ0) is 20.5.